The average molecular weight is 618 g/mol. The van der Waals surface area contributed by atoms with E-state index in [0.29, 0.717) is 5.95 Å². The maximum Gasteiger partial charge on any atom is 0.237 e. The number of para-hydroxylation sites is 4. The fourth-order valence-corrected chi connectivity index (χ4v) is 6.45. The molecule has 0 spiro atoms. The lowest BCUT2D eigenvalue weighted by atomic mass is 10.0. The summed E-state index contributed by atoms with van der Waals surface area (Å²) in [5, 5.41) is 2.46. The third-order valence-corrected chi connectivity index (χ3v) is 8.64. The first-order valence-electron chi connectivity index (χ1n) is 15.8. The van der Waals surface area contributed by atoms with E-state index in [1.54, 1.807) is 0 Å². The van der Waals surface area contributed by atoms with Gasteiger partial charge in [0.15, 0.2) is 0 Å². The lowest BCUT2D eigenvalue weighted by Gasteiger charge is -2.23. The van der Waals surface area contributed by atoms with E-state index in [9.17, 15) is 0 Å². The van der Waals surface area contributed by atoms with Crippen LogP contribution >= 0.6 is 0 Å². The normalized spacial score (nSPS) is 11.3. The summed E-state index contributed by atoms with van der Waals surface area (Å²) >= 11 is 0. The van der Waals surface area contributed by atoms with Crippen molar-refractivity contribution in [2.45, 2.75) is 0 Å². The Morgan fingerprint density at radius 3 is 1.50 bits per heavy atom. The van der Waals surface area contributed by atoms with E-state index in [0.717, 1.165) is 50.6 Å². The fourth-order valence-electron chi connectivity index (χ4n) is 6.45. The van der Waals surface area contributed by atoms with Crippen LogP contribution in [0.2, 0.25) is 0 Å². The number of hydrogen-bond donors (Lipinski definition) is 0. The van der Waals surface area contributed by atoms with Crippen LogP contribution in [0.1, 0.15) is 0 Å². The molecule has 226 valence electrons. The lowest BCUT2D eigenvalue weighted by Crippen LogP contribution is -2.13. The molecule has 3 aromatic heterocycles. The van der Waals surface area contributed by atoms with Gasteiger partial charge in [0.1, 0.15) is 12.7 Å². The Morgan fingerprint density at radius 2 is 0.917 bits per heavy atom. The van der Waals surface area contributed by atoms with Gasteiger partial charge in [-0.15, -0.1) is 0 Å². The molecule has 0 atom stereocenters. The molecule has 3 heterocycles. The third kappa shape index (κ3) is 4.73. The van der Waals surface area contributed by atoms with Crippen LogP contribution in [0.4, 0.5) is 17.3 Å². The first-order chi connectivity index (χ1) is 23.8. The standard InChI is InChI=1S/C41H27N7/c1-2-10-28(11-3-1)39-40(46-36-15-7-6-14-35(36)45-39)29-18-20-30(21-19-29)47(41-43-26-42-27-44-41)31-22-24-32(25-23-31)48-37-16-8-4-12-33(37)34-13-5-9-17-38(34)48/h1-27H. The zero-order valence-corrected chi connectivity index (χ0v) is 25.7. The summed E-state index contributed by atoms with van der Waals surface area (Å²) in [7, 11) is 0. The van der Waals surface area contributed by atoms with Gasteiger partial charge in [0, 0.05) is 39.0 Å². The predicted molar refractivity (Wildman–Crippen MR) is 193 cm³/mol. The van der Waals surface area contributed by atoms with E-state index >= 15 is 0 Å². The zero-order chi connectivity index (χ0) is 31.9. The Labute approximate surface area is 276 Å². The smallest absolute Gasteiger partial charge is 0.237 e. The highest BCUT2D eigenvalue weighted by Crippen LogP contribution is 2.37. The molecular formula is C41H27N7. The second kappa shape index (κ2) is 11.6. The molecule has 0 N–H and O–H groups in total. The maximum absolute atomic E-state index is 5.08. The highest BCUT2D eigenvalue weighted by atomic mass is 15.3. The minimum atomic E-state index is 0.526. The number of anilines is 3. The van der Waals surface area contributed by atoms with Crippen molar-refractivity contribution in [1.82, 2.24) is 29.5 Å². The quantitative estimate of drug-likeness (QED) is 0.185. The van der Waals surface area contributed by atoms with E-state index in [4.69, 9.17) is 9.97 Å². The van der Waals surface area contributed by atoms with Gasteiger partial charge in [-0.25, -0.2) is 24.9 Å². The van der Waals surface area contributed by atoms with Crippen LogP contribution in [0.25, 0.3) is 61.0 Å². The second-order valence-corrected chi connectivity index (χ2v) is 11.5. The molecule has 6 aromatic carbocycles. The number of rotatable bonds is 6. The molecule has 0 unspecified atom stereocenters. The summed E-state index contributed by atoms with van der Waals surface area (Å²) in [5.74, 6) is 0.526. The van der Waals surface area contributed by atoms with Crippen LogP contribution in [0.5, 0.6) is 0 Å². The monoisotopic (exact) mass is 617 g/mol. The highest BCUT2D eigenvalue weighted by molar-refractivity contribution is 6.09. The topological polar surface area (TPSA) is 72.6 Å². The van der Waals surface area contributed by atoms with Crippen LogP contribution in [0, 0.1) is 0 Å². The molecule has 0 aliphatic rings. The molecule has 48 heavy (non-hydrogen) atoms. The summed E-state index contributed by atoms with van der Waals surface area (Å²) in [5.41, 5.74) is 10.6. The number of fused-ring (bicyclic) bond motifs is 4. The summed E-state index contributed by atoms with van der Waals surface area (Å²) in [6, 6.07) is 52.1. The summed E-state index contributed by atoms with van der Waals surface area (Å²) in [6.45, 7) is 0. The first-order valence-corrected chi connectivity index (χ1v) is 15.8. The molecule has 7 nitrogen and oxygen atoms in total. The highest BCUT2D eigenvalue weighted by Gasteiger charge is 2.18. The van der Waals surface area contributed by atoms with Gasteiger partial charge in [0.05, 0.1) is 33.5 Å². The Balaban J connectivity index is 1.13. The average Bonchev–Trinajstić information content (AvgIpc) is 3.50. The van der Waals surface area contributed by atoms with E-state index < -0.39 is 0 Å². The van der Waals surface area contributed by atoms with Gasteiger partial charge >= 0.3 is 0 Å². The first kappa shape index (κ1) is 27.6. The molecule has 0 saturated heterocycles. The van der Waals surface area contributed by atoms with Gasteiger partial charge in [-0.1, -0.05) is 91.0 Å². The Bertz CT molecular complexity index is 2490. The minimum absolute atomic E-state index is 0.526. The van der Waals surface area contributed by atoms with Crippen LogP contribution in [-0.2, 0) is 0 Å². The van der Waals surface area contributed by atoms with Crippen molar-refractivity contribution in [3.63, 3.8) is 0 Å². The number of nitrogens with zero attached hydrogens (tertiary/aromatic N) is 7. The summed E-state index contributed by atoms with van der Waals surface area (Å²) in [4.78, 5) is 25.3. The Morgan fingerprint density at radius 1 is 0.438 bits per heavy atom. The molecule has 9 aromatic rings. The van der Waals surface area contributed by atoms with Crippen LogP contribution in [0.3, 0.4) is 0 Å². The zero-order valence-electron chi connectivity index (χ0n) is 25.7. The third-order valence-electron chi connectivity index (χ3n) is 8.64. The molecule has 0 fully saturated rings. The van der Waals surface area contributed by atoms with Gasteiger partial charge in [-0.3, -0.25) is 4.90 Å². The van der Waals surface area contributed by atoms with Crippen molar-refractivity contribution < 1.29 is 0 Å². The molecule has 9 rings (SSSR count). The fraction of sp³-hybridized carbons (Fsp3) is 0. The molecular weight excluding hydrogens is 591 g/mol. The number of benzene rings is 6. The van der Waals surface area contributed by atoms with E-state index in [-0.39, 0.29) is 0 Å². The van der Waals surface area contributed by atoms with E-state index in [1.165, 1.54) is 34.5 Å². The van der Waals surface area contributed by atoms with Crippen molar-refractivity contribution >= 4 is 50.2 Å². The maximum atomic E-state index is 5.08. The minimum Gasteiger partial charge on any atom is -0.309 e. The molecule has 0 radical (unpaired) electrons. The number of aromatic nitrogens is 6. The SMILES string of the molecule is c1ccc(-c2nc3ccccc3nc2-c2ccc(N(c3ccc(-n4c5ccccc5c5ccccc54)cc3)c3ncncn3)cc2)cc1. The van der Waals surface area contributed by atoms with Crippen molar-refractivity contribution in [3.8, 4) is 28.2 Å². The lowest BCUT2D eigenvalue weighted by molar-refractivity contribution is 1.01. The molecule has 0 amide bonds. The van der Waals surface area contributed by atoms with Gasteiger partial charge in [0.2, 0.25) is 5.95 Å². The van der Waals surface area contributed by atoms with Gasteiger partial charge in [0.25, 0.3) is 0 Å². The van der Waals surface area contributed by atoms with Crippen molar-refractivity contribution in [2.75, 3.05) is 4.90 Å². The Hall–Kier alpha value is -6.73. The van der Waals surface area contributed by atoms with Crippen LogP contribution < -0.4 is 4.90 Å². The van der Waals surface area contributed by atoms with Gasteiger partial charge in [-0.05, 0) is 60.7 Å². The van der Waals surface area contributed by atoms with E-state index in [2.05, 4.69) is 129 Å². The Kier molecular flexibility index (Phi) is 6.64. The van der Waals surface area contributed by atoms with Crippen LogP contribution in [0.15, 0.2) is 164 Å². The van der Waals surface area contributed by atoms with Crippen LogP contribution in [-0.4, -0.2) is 29.5 Å². The molecule has 0 aliphatic heterocycles. The van der Waals surface area contributed by atoms with Gasteiger partial charge < -0.3 is 4.57 Å². The number of hydrogen-bond acceptors (Lipinski definition) is 6. The van der Waals surface area contributed by atoms with Crippen molar-refractivity contribution in [1.29, 1.82) is 0 Å². The summed E-state index contributed by atoms with van der Waals surface area (Å²) in [6.07, 6.45) is 3.04. The predicted octanol–water partition coefficient (Wildman–Crippen LogP) is 9.72. The molecule has 0 saturated carbocycles. The summed E-state index contributed by atoms with van der Waals surface area (Å²) < 4.78 is 2.31. The second-order valence-electron chi connectivity index (χ2n) is 11.5. The molecule has 0 bridgehead atoms. The van der Waals surface area contributed by atoms with Crippen molar-refractivity contribution in [2.24, 2.45) is 0 Å². The molecule has 7 heteroatoms. The largest absolute Gasteiger partial charge is 0.309 e. The molecule has 0 aliphatic carbocycles. The van der Waals surface area contributed by atoms with Crippen molar-refractivity contribution in [3.05, 3.63) is 164 Å². The van der Waals surface area contributed by atoms with Gasteiger partial charge in [-0.2, -0.15) is 0 Å². The van der Waals surface area contributed by atoms with E-state index in [1.807, 2.05) is 47.4 Å².